The Morgan fingerprint density at radius 3 is 2.41 bits per heavy atom. The van der Waals surface area contributed by atoms with Crippen LogP contribution in [-0.2, 0) is 24.4 Å². The first-order valence-electron chi connectivity index (χ1n) is 5.54. The van der Waals surface area contributed by atoms with Crippen LogP contribution in [0.4, 0.5) is 0 Å². The van der Waals surface area contributed by atoms with Crippen LogP contribution in [0.25, 0.3) is 0 Å². The summed E-state index contributed by atoms with van der Waals surface area (Å²) in [5, 5.41) is -1.72. The second kappa shape index (κ2) is 6.11. The number of carbonyl (C=O) groups excluding carboxylic acids is 2. The fourth-order valence-electron chi connectivity index (χ4n) is 1.80. The summed E-state index contributed by atoms with van der Waals surface area (Å²) in [5.74, 6) is -0.758. The number of ether oxygens (including phenoxy) is 1. The van der Waals surface area contributed by atoms with Crippen molar-refractivity contribution in [1.82, 2.24) is 0 Å². The van der Waals surface area contributed by atoms with E-state index in [1.165, 1.54) is 0 Å². The highest BCUT2D eigenvalue weighted by Crippen LogP contribution is 2.21. The van der Waals surface area contributed by atoms with E-state index in [1.807, 2.05) is 0 Å². The van der Waals surface area contributed by atoms with Crippen molar-refractivity contribution < 1.29 is 27.3 Å². The van der Waals surface area contributed by atoms with E-state index in [2.05, 4.69) is 0 Å². The molecule has 17 heavy (non-hydrogen) atoms. The molecule has 0 amide bonds. The molecule has 0 spiro atoms. The second-order valence-electron chi connectivity index (χ2n) is 4.14. The SMILES string of the molecule is O=CC(CC(=O)OC1CCCCC1)S(=O)(=O)O. The summed E-state index contributed by atoms with van der Waals surface area (Å²) in [7, 11) is -4.52. The third kappa shape index (κ3) is 4.82. The maximum Gasteiger partial charge on any atom is 0.307 e. The molecule has 1 aliphatic carbocycles. The maximum atomic E-state index is 11.4. The van der Waals surface area contributed by atoms with E-state index in [4.69, 9.17) is 9.29 Å². The lowest BCUT2D eigenvalue weighted by Crippen LogP contribution is -2.29. The lowest BCUT2D eigenvalue weighted by atomic mass is 9.98. The Labute approximate surface area is 100 Å². The van der Waals surface area contributed by atoms with Crippen LogP contribution in [0.5, 0.6) is 0 Å². The number of hydrogen-bond donors (Lipinski definition) is 1. The minimum atomic E-state index is -4.52. The molecule has 1 aliphatic rings. The van der Waals surface area contributed by atoms with E-state index in [1.54, 1.807) is 0 Å². The Morgan fingerprint density at radius 1 is 1.35 bits per heavy atom. The van der Waals surface area contributed by atoms with Crippen LogP contribution in [0.15, 0.2) is 0 Å². The molecule has 1 fully saturated rings. The monoisotopic (exact) mass is 264 g/mol. The van der Waals surface area contributed by atoms with Crippen molar-refractivity contribution in [2.24, 2.45) is 0 Å². The molecule has 0 heterocycles. The molecular weight excluding hydrogens is 248 g/mol. The Morgan fingerprint density at radius 2 is 1.94 bits per heavy atom. The van der Waals surface area contributed by atoms with Crippen molar-refractivity contribution >= 4 is 22.4 Å². The lowest BCUT2D eigenvalue weighted by Gasteiger charge is -2.22. The predicted octanol–water partition coefficient (Wildman–Crippen LogP) is 0.708. The molecule has 98 valence electrons. The molecule has 0 radical (unpaired) electrons. The summed E-state index contributed by atoms with van der Waals surface area (Å²) in [6.45, 7) is 0. The van der Waals surface area contributed by atoms with Gasteiger partial charge in [0.15, 0.2) is 5.25 Å². The van der Waals surface area contributed by atoms with Gasteiger partial charge in [-0.15, -0.1) is 0 Å². The van der Waals surface area contributed by atoms with Crippen molar-refractivity contribution in [3.05, 3.63) is 0 Å². The lowest BCUT2D eigenvalue weighted by molar-refractivity contribution is -0.150. The van der Waals surface area contributed by atoms with Crippen molar-refractivity contribution in [3.63, 3.8) is 0 Å². The highest BCUT2D eigenvalue weighted by atomic mass is 32.2. The van der Waals surface area contributed by atoms with Crippen LogP contribution < -0.4 is 0 Å². The van der Waals surface area contributed by atoms with Gasteiger partial charge in [0, 0.05) is 0 Å². The average molecular weight is 264 g/mol. The summed E-state index contributed by atoms with van der Waals surface area (Å²) in [5.41, 5.74) is 0. The van der Waals surface area contributed by atoms with Crippen molar-refractivity contribution in [2.75, 3.05) is 0 Å². The summed E-state index contributed by atoms with van der Waals surface area (Å²) >= 11 is 0. The fraction of sp³-hybridized carbons (Fsp3) is 0.800. The Kier molecular flexibility index (Phi) is 5.07. The largest absolute Gasteiger partial charge is 0.462 e. The van der Waals surface area contributed by atoms with Crippen molar-refractivity contribution in [2.45, 2.75) is 49.9 Å². The highest BCUT2D eigenvalue weighted by molar-refractivity contribution is 7.87. The number of rotatable bonds is 5. The molecule has 0 aromatic heterocycles. The average Bonchev–Trinajstić information content (AvgIpc) is 2.25. The van der Waals surface area contributed by atoms with E-state index in [0.717, 1.165) is 32.1 Å². The van der Waals surface area contributed by atoms with E-state index in [0.29, 0.717) is 0 Å². The third-order valence-electron chi connectivity index (χ3n) is 2.75. The van der Waals surface area contributed by atoms with Gasteiger partial charge < -0.3 is 9.53 Å². The Balaban J connectivity index is 2.45. The molecule has 1 saturated carbocycles. The molecule has 7 heteroatoms. The van der Waals surface area contributed by atoms with Gasteiger partial charge in [0.05, 0.1) is 6.42 Å². The van der Waals surface area contributed by atoms with Gasteiger partial charge in [0.2, 0.25) is 0 Å². The summed E-state index contributed by atoms with van der Waals surface area (Å²) < 4.78 is 35.1. The van der Waals surface area contributed by atoms with Gasteiger partial charge in [-0.05, 0) is 25.7 Å². The zero-order valence-electron chi connectivity index (χ0n) is 9.37. The van der Waals surface area contributed by atoms with E-state index < -0.39 is 27.8 Å². The minimum absolute atomic E-state index is 0.0392. The quantitative estimate of drug-likeness (QED) is 0.446. The first kappa shape index (κ1) is 14.1. The van der Waals surface area contributed by atoms with Crippen LogP contribution in [-0.4, -0.2) is 36.6 Å². The molecule has 6 nitrogen and oxygen atoms in total. The zero-order valence-corrected chi connectivity index (χ0v) is 10.2. The minimum Gasteiger partial charge on any atom is -0.462 e. The van der Waals surface area contributed by atoms with Crippen molar-refractivity contribution in [1.29, 1.82) is 0 Å². The van der Waals surface area contributed by atoms with Crippen LogP contribution in [0.2, 0.25) is 0 Å². The molecule has 1 N–H and O–H groups in total. The normalized spacial score (nSPS) is 19.6. The molecule has 0 aliphatic heterocycles. The molecular formula is C10H16O6S. The zero-order chi connectivity index (χ0) is 12.9. The van der Waals surface area contributed by atoms with Gasteiger partial charge in [-0.25, -0.2) is 0 Å². The van der Waals surface area contributed by atoms with Crippen LogP contribution in [0, 0.1) is 0 Å². The van der Waals surface area contributed by atoms with Crippen molar-refractivity contribution in [3.8, 4) is 0 Å². The van der Waals surface area contributed by atoms with Gasteiger partial charge in [-0.1, -0.05) is 6.42 Å². The standard InChI is InChI=1S/C10H16O6S/c11-7-9(17(13,14)15)6-10(12)16-8-4-2-1-3-5-8/h7-9H,1-6H2,(H,13,14,15). The van der Waals surface area contributed by atoms with Gasteiger partial charge >= 0.3 is 5.97 Å². The second-order valence-corrected chi connectivity index (χ2v) is 5.78. The molecule has 1 atom stereocenters. The number of hydrogen-bond acceptors (Lipinski definition) is 5. The molecule has 0 aromatic carbocycles. The van der Waals surface area contributed by atoms with E-state index >= 15 is 0 Å². The topological polar surface area (TPSA) is 97.7 Å². The predicted molar refractivity (Wildman–Crippen MR) is 59.0 cm³/mol. The van der Waals surface area contributed by atoms with E-state index in [-0.39, 0.29) is 12.4 Å². The highest BCUT2D eigenvalue weighted by Gasteiger charge is 2.27. The molecule has 0 aromatic rings. The number of aldehydes is 1. The number of esters is 1. The first-order chi connectivity index (χ1) is 7.93. The first-order valence-corrected chi connectivity index (χ1v) is 7.05. The maximum absolute atomic E-state index is 11.4. The van der Waals surface area contributed by atoms with Gasteiger partial charge in [0.25, 0.3) is 10.1 Å². The third-order valence-corrected chi connectivity index (χ3v) is 3.80. The Bertz CT molecular complexity index is 368. The van der Waals surface area contributed by atoms with E-state index in [9.17, 15) is 18.0 Å². The van der Waals surface area contributed by atoms with Crippen LogP contribution in [0.1, 0.15) is 38.5 Å². The molecule has 0 bridgehead atoms. The molecule has 1 unspecified atom stereocenters. The smallest absolute Gasteiger partial charge is 0.307 e. The molecule has 0 saturated heterocycles. The summed E-state index contributed by atoms with van der Waals surface area (Å²) in [4.78, 5) is 21.8. The Hall–Kier alpha value is -0.950. The number of carbonyl (C=O) groups is 2. The summed E-state index contributed by atoms with van der Waals surface area (Å²) in [6.07, 6.45) is 3.82. The van der Waals surface area contributed by atoms with Crippen LogP contribution >= 0.6 is 0 Å². The van der Waals surface area contributed by atoms with Gasteiger partial charge in [-0.3, -0.25) is 9.35 Å². The summed E-state index contributed by atoms with van der Waals surface area (Å²) in [6, 6.07) is 0. The molecule has 1 rings (SSSR count). The van der Waals surface area contributed by atoms with Crippen LogP contribution in [0.3, 0.4) is 0 Å². The van der Waals surface area contributed by atoms with Gasteiger partial charge in [-0.2, -0.15) is 8.42 Å². The fourth-order valence-corrected chi connectivity index (χ4v) is 2.29. The van der Waals surface area contributed by atoms with Gasteiger partial charge in [0.1, 0.15) is 12.4 Å².